The van der Waals surface area contributed by atoms with Crippen LogP contribution in [0.2, 0.25) is 0 Å². The van der Waals surface area contributed by atoms with Crippen molar-refractivity contribution in [3.05, 3.63) is 84.4 Å². The largest absolute Gasteiger partial charge is 0.378 e. The number of urea groups is 1. The van der Waals surface area contributed by atoms with Crippen LogP contribution in [0.25, 0.3) is 11.4 Å². The van der Waals surface area contributed by atoms with Crippen LogP contribution in [0.15, 0.2) is 83.8 Å². The van der Waals surface area contributed by atoms with Crippen LogP contribution in [-0.4, -0.2) is 105 Å². The molecule has 3 amide bonds. The number of hydrogen-bond donors (Lipinski definition) is 3. The first-order valence-corrected chi connectivity index (χ1v) is 17.5. The second-order valence-electron chi connectivity index (χ2n) is 12.0. The Hall–Kier alpha value is -5.12. The molecule has 2 aliphatic rings. The Balaban J connectivity index is 1.11. The summed E-state index contributed by atoms with van der Waals surface area (Å²) in [4.78, 5) is 45.3. The van der Waals surface area contributed by atoms with Gasteiger partial charge in [-0.05, 0) is 87.6 Å². The van der Waals surface area contributed by atoms with Crippen LogP contribution in [0.3, 0.4) is 0 Å². The molecule has 0 spiro atoms. The third-order valence-corrected chi connectivity index (χ3v) is 9.81. The Morgan fingerprint density at radius 2 is 1.41 bits per heavy atom. The lowest BCUT2D eigenvalue weighted by molar-refractivity contribution is 0.0663. The molecule has 0 aliphatic carbocycles. The van der Waals surface area contributed by atoms with Gasteiger partial charge in [0.05, 0.1) is 18.1 Å². The minimum absolute atomic E-state index is 0.00994. The lowest BCUT2D eigenvalue weighted by Gasteiger charge is -2.35. The van der Waals surface area contributed by atoms with Gasteiger partial charge in [0, 0.05) is 54.7 Å². The van der Waals surface area contributed by atoms with Crippen molar-refractivity contribution in [2.24, 2.45) is 0 Å². The predicted octanol–water partition coefficient (Wildman–Crippen LogP) is 3.99. The molecule has 0 atom stereocenters. The maximum absolute atomic E-state index is 13.0. The van der Waals surface area contributed by atoms with Crippen molar-refractivity contribution in [1.29, 1.82) is 0 Å². The van der Waals surface area contributed by atoms with Gasteiger partial charge in [0.15, 0.2) is 5.82 Å². The summed E-state index contributed by atoms with van der Waals surface area (Å²) in [7, 11) is 0.191. The van der Waals surface area contributed by atoms with E-state index in [1.807, 2.05) is 9.80 Å². The van der Waals surface area contributed by atoms with Gasteiger partial charge in [0.25, 0.3) is 15.9 Å². The molecule has 4 aromatic rings. The highest BCUT2D eigenvalue weighted by Gasteiger charge is 2.25. The molecule has 6 rings (SSSR count). The van der Waals surface area contributed by atoms with E-state index in [0.717, 1.165) is 25.9 Å². The molecule has 0 bridgehead atoms. The smallest absolute Gasteiger partial charge is 0.323 e. The normalized spacial score (nSPS) is 15.6. The number of rotatable bonds is 9. The Morgan fingerprint density at radius 3 is 2.02 bits per heavy atom. The molecule has 3 aromatic carbocycles. The minimum atomic E-state index is -3.94. The van der Waals surface area contributed by atoms with Gasteiger partial charge in [-0.2, -0.15) is 15.0 Å². The fourth-order valence-electron chi connectivity index (χ4n) is 5.68. The molecule has 0 saturated carbocycles. The van der Waals surface area contributed by atoms with E-state index in [0.29, 0.717) is 60.8 Å². The second kappa shape index (κ2) is 15.0. The molecule has 3 N–H and O–H groups in total. The zero-order valence-electron chi connectivity index (χ0n) is 27.4. The maximum atomic E-state index is 13.0. The summed E-state index contributed by atoms with van der Waals surface area (Å²) in [5.74, 6) is 0.458. The molecule has 0 unspecified atom stereocenters. The molecule has 0 radical (unpaired) electrons. The number of benzene rings is 3. The molecule has 1 aromatic heterocycles. The van der Waals surface area contributed by atoms with Crippen LogP contribution in [0.4, 0.5) is 28.1 Å². The fourth-order valence-corrected chi connectivity index (χ4v) is 6.65. The lowest BCUT2D eigenvalue weighted by Crippen LogP contribution is -2.44. The number of likely N-dealkylation sites (tertiary alicyclic amines) is 1. The van der Waals surface area contributed by atoms with Crippen LogP contribution in [-0.2, 0) is 14.8 Å². The third kappa shape index (κ3) is 8.49. The summed E-state index contributed by atoms with van der Waals surface area (Å²) in [5.41, 5.74) is 2.23. The zero-order valence-corrected chi connectivity index (χ0v) is 28.2. The first-order valence-electron chi connectivity index (χ1n) is 16.1. The van der Waals surface area contributed by atoms with Crippen molar-refractivity contribution < 1.29 is 22.7 Å². The van der Waals surface area contributed by atoms with Gasteiger partial charge >= 0.3 is 6.03 Å². The standard InChI is InChI=1S/C34H39N9O5S/c1-41(2)28-16-18-42(19-17-28)31(44)25-10-14-27(15-11-25)36-34(45)35-26-12-8-24(9-13-26)30-37-32(39-33(38-30)43-20-22-48-23-21-43)40-49(46,47)29-6-4-3-5-7-29/h3-15,28H,16-23H2,1-2H3,(H2,35,36,45)(H,37,38,39,40). The highest BCUT2D eigenvalue weighted by atomic mass is 32.2. The molecular formula is C34H39N9O5S. The van der Waals surface area contributed by atoms with Gasteiger partial charge in [-0.25, -0.2) is 17.9 Å². The number of nitrogens with one attached hydrogen (secondary N) is 3. The summed E-state index contributed by atoms with van der Waals surface area (Å²) < 4.78 is 34.0. The van der Waals surface area contributed by atoms with Crippen molar-refractivity contribution in [3.63, 3.8) is 0 Å². The van der Waals surface area contributed by atoms with E-state index < -0.39 is 16.1 Å². The molecule has 49 heavy (non-hydrogen) atoms. The first kappa shape index (κ1) is 33.8. The zero-order chi connectivity index (χ0) is 34.4. The number of nitrogens with zero attached hydrogens (tertiary/aromatic N) is 6. The SMILES string of the molecule is CN(C)C1CCN(C(=O)c2ccc(NC(=O)Nc3ccc(-c4nc(NS(=O)(=O)c5ccccc5)nc(N5CCOCC5)n4)cc3)cc2)CC1. The molecule has 3 heterocycles. The summed E-state index contributed by atoms with van der Waals surface area (Å²) in [6, 6.07) is 21.7. The number of aromatic nitrogens is 3. The molecule has 15 heteroatoms. The number of piperidine rings is 1. The molecule has 2 aliphatic heterocycles. The van der Waals surface area contributed by atoms with E-state index in [1.165, 1.54) is 12.1 Å². The average molecular weight is 686 g/mol. The van der Waals surface area contributed by atoms with Gasteiger partial charge in [-0.3, -0.25) is 4.79 Å². The van der Waals surface area contributed by atoms with Gasteiger partial charge in [-0.1, -0.05) is 18.2 Å². The topological polar surface area (TPSA) is 162 Å². The first-order chi connectivity index (χ1) is 23.6. The van der Waals surface area contributed by atoms with E-state index in [4.69, 9.17) is 4.74 Å². The number of morpholine rings is 1. The number of anilines is 4. The van der Waals surface area contributed by atoms with E-state index in [2.05, 4.69) is 49.3 Å². The number of carbonyl (C=O) groups excluding carboxylic acids is 2. The maximum Gasteiger partial charge on any atom is 0.323 e. The fraction of sp³-hybridized carbons (Fsp3) is 0.324. The van der Waals surface area contributed by atoms with Crippen LogP contribution < -0.4 is 20.3 Å². The van der Waals surface area contributed by atoms with Crippen LogP contribution in [0.5, 0.6) is 0 Å². The molecular weight excluding hydrogens is 646 g/mol. The number of amides is 3. The highest BCUT2D eigenvalue weighted by molar-refractivity contribution is 7.92. The van der Waals surface area contributed by atoms with Crippen LogP contribution in [0.1, 0.15) is 23.2 Å². The molecule has 2 fully saturated rings. The number of sulfonamides is 1. The highest BCUT2D eigenvalue weighted by Crippen LogP contribution is 2.24. The predicted molar refractivity (Wildman–Crippen MR) is 187 cm³/mol. The average Bonchev–Trinajstić information content (AvgIpc) is 3.12. The van der Waals surface area contributed by atoms with E-state index in [-0.39, 0.29) is 22.6 Å². The third-order valence-electron chi connectivity index (χ3n) is 8.47. The van der Waals surface area contributed by atoms with Gasteiger partial charge in [-0.15, -0.1) is 0 Å². The van der Waals surface area contributed by atoms with E-state index in [1.54, 1.807) is 66.7 Å². The van der Waals surface area contributed by atoms with Crippen LogP contribution >= 0.6 is 0 Å². The van der Waals surface area contributed by atoms with Gasteiger partial charge in [0.1, 0.15) is 0 Å². The van der Waals surface area contributed by atoms with Crippen molar-refractivity contribution in [3.8, 4) is 11.4 Å². The quantitative estimate of drug-likeness (QED) is 0.235. The molecule has 2 saturated heterocycles. The summed E-state index contributed by atoms with van der Waals surface area (Å²) in [6.45, 7) is 3.52. The Morgan fingerprint density at radius 1 is 0.796 bits per heavy atom. The molecule has 14 nitrogen and oxygen atoms in total. The Kier molecular flexibility index (Phi) is 10.3. The van der Waals surface area contributed by atoms with Gasteiger partial charge in [0.2, 0.25) is 11.9 Å². The van der Waals surface area contributed by atoms with Gasteiger partial charge < -0.3 is 30.1 Å². The van der Waals surface area contributed by atoms with E-state index in [9.17, 15) is 18.0 Å². The van der Waals surface area contributed by atoms with Crippen molar-refractivity contribution in [1.82, 2.24) is 24.8 Å². The monoisotopic (exact) mass is 685 g/mol. The Labute approximate surface area is 285 Å². The summed E-state index contributed by atoms with van der Waals surface area (Å²) in [6.07, 6.45) is 1.89. The minimum Gasteiger partial charge on any atom is -0.378 e. The van der Waals surface area contributed by atoms with Crippen molar-refractivity contribution >= 4 is 45.2 Å². The van der Waals surface area contributed by atoms with Crippen molar-refractivity contribution in [2.45, 2.75) is 23.8 Å². The second-order valence-corrected chi connectivity index (χ2v) is 13.7. The Bertz CT molecular complexity index is 1860. The number of ether oxygens (including phenoxy) is 1. The number of hydrogen-bond acceptors (Lipinski definition) is 10. The van der Waals surface area contributed by atoms with E-state index >= 15 is 0 Å². The van der Waals surface area contributed by atoms with Crippen molar-refractivity contribution in [2.75, 3.05) is 73.7 Å². The van der Waals surface area contributed by atoms with Crippen LogP contribution in [0, 0.1) is 0 Å². The summed E-state index contributed by atoms with van der Waals surface area (Å²) >= 11 is 0. The lowest BCUT2D eigenvalue weighted by atomic mass is 10.0. The summed E-state index contributed by atoms with van der Waals surface area (Å²) in [5, 5.41) is 5.59. The molecule has 256 valence electrons. The number of carbonyl (C=O) groups is 2.